The van der Waals surface area contributed by atoms with Crippen molar-refractivity contribution in [2.45, 2.75) is 19.6 Å². The van der Waals surface area contributed by atoms with Crippen LogP contribution in [0.4, 0.5) is 10.2 Å². The van der Waals surface area contributed by atoms with E-state index in [0.29, 0.717) is 13.2 Å². The van der Waals surface area contributed by atoms with E-state index in [9.17, 15) is 4.39 Å². The summed E-state index contributed by atoms with van der Waals surface area (Å²) in [4.78, 5) is 6.36. The summed E-state index contributed by atoms with van der Waals surface area (Å²) in [6.07, 6.45) is 1.47. The van der Waals surface area contributed by atoms with Crippen molar-refractivity contribution in [1.29, 1.82) is 0 Å². The van der Waals surface area contributed by atoms with E-state index in [2.05, 4.69) is 15.2 Å². The number of morpholine rings is 1. The highest BCUT2D eigenvalue weighted by atomic mass is 19.1. The summed E-state index contributed by atoms with van der Waals surface area (Å²) < 4.78 is 18.7. The standard InChI is InChI=1S/C12H18FN3O/c1-9-8-16(3-4-17-9)12-10(6-14-2)5-11(13)7-15-12/h5,7,9,14H,3-4,6,8H2,1-2H3. The summed E-state index contributed by atoms with van der Waals surface area (Å²) in [7, 11) is 1.84. The van der Waals surface area contributed by atoms with Crippen molar-refractivity contribution < 1.29 is 9.13 Å². The molecule has 1 saturated heterocycles. The largest absolute Gasteiger partial charge is 0.375 e. The van der Waals surface area contributed by atoms with Gasteiger partial charge in [-0.15, -0.1) is 0 Å². The van der Waals surface area contributed by atoms with E-state index in [1.807, 2.05) is 14.0 Å². The number of nitrogens with zero attached hydrogens (tertiary/aromatic N) is 2. The summed E-state index contributed by atoms with van der Waals surface area (Å²) in [5.74, 6) is 0.566. The smallest absolute Gasteiger partial charge is 0.141 e. The van der Waals surface area contributed by atoms with Gasteiger partial charge in [0.2, 0.25) is 0 Å². The quantitative estimate of drug-likeness (QED) is 0.859. The second-order valence-electron chi connectivity index (χ2n) is 4.29. The summed E-state index contributed by atoms with van der Waals surface area (Å²) >= 11 is 0. The Kier molecular flexibility index (Phi) is 3.91. The molecule has 0 radical (unpaired) electrons. The Bertz CT molecular complexity index is 386. The minimum Gasteiger partial charge on any atom is -0.375 e. The van der Waals surface area contributed by atoms with Crippen LogP contribution in [0.1, 0.15) is 12.5 Å². The number of aromatic nitrogens is 1. The van der Waals surface area contributed by atoms with Crippen molar-refractivity contribution in [3.8, 4) is 0 Å². The molecule has 0 saturated carbocycles. The van der Waals surface area contributed by atoms with Gasteiger partial charge in [0.15, 0.2) is 0 Å². The van der Waals surface area contributed by atoms with Crippen molar-refractivity contribution in [2.24, 2.45) is 0 Å². The molecule has 0 amide bonds. The van der Waals surface area contributed by atoms with Crippen LogP contribution in [0.3, 0.4) is 0 Å². The minimum absolute atomic E-state index is 0.193. The number of rotatable bonds is 3. The summed E-state index contributed by atoms with van der Waals surface area (Å²) in [5, 5.41) is 3.04. The van der Waals surface area contributed by atoms with Gasteiger partial charge in [-0.1, -0.05) is 0 Å². The van der Waals surface area contributed by atoms with Crippen LogP contribution in [0, 0.1) is 5.82 Å². The van der Waals surface area contributed by atoms with Gasteiger partial charge < -0.3 is 15.0 Å². The molecule has 17 heavy (non-hydrogen) atoms. The molecule has 1 aliphatic heterocycles. The maximum Gasteiger partial charge on any atom is 0.141 e. The normalized spacial score (nSPS) is 20.6. The average molecular weight is 239 g/mol. The lowest BCUT2D eigenvalue weighted by Gasteiger charge is -2.33. The van der Waals surface area contributed by atoms with Crippen LogP contribution in [0.2, 0.25) is 0 Å². The number of hydrogen-bond acceptors (Lipinski definition) is 4. The third kappa shape index (κ3) is 2.92. The number of anilines is 1. The third-order valence-electron chi connectivity index (χ3n) is 2.82. The Morgan fingerprint density at radius 2 is 2.47 bits per heavy atom. The minimum atomic E-state index is -0.291. The second kappa shape index (κ2) is 5.42. The van der Waals surface area contributed by atoms with Crippen LogP contribution in [0.15, 0.2) is 12.3 Å². The highest BCUT2D eigenvalue weighted by Crippen LogP contribution is 2.20. The monoisotopic (exact) mass is 239 g/mol. The third-order valence-corrected chi connectivity index (χ3v) is 2.82. The Balaban J connectivity index is 2.23. The Morgan fingerprint density at radius 3 is 3.18 bits per heavy atom. The molecule has 5 heteroatoms. The molecule has 1 unspecified atom stereocenters. The van der Waals surface area contributed by atoms with Gasteiger partial charge in [-0.2, -0.15) is 0 Å². The van der Waals surface area contributed by atoms with Crippen LogP contribution in [0.5, 0.6) is 0 Å². The predicted octanol–water partition coefficient (Wildman–Crippen LogP) is 1.17. The molecule has 1 N–H and O–H groups in total. The molecule has 2 heterocycles. The molecule has 0 aliphatic carbocycles. The average Bonchev–Trinajstić information content (AvgIpc) is 2.29. The van der Waals surface area contributed by atoms with Gasteiger partial charge in [0.1, 0.15) is 11.6 Å². The fourth-order valence-corrected chi connectivity index (χ4v) is 2.09. The van der Waals surface area contributed by atoms with Crippen LogP contribution in [-0.2, 0) is 11.3 Å². The Labute approximate surface area is 101 Å². The molecular formula is C12H18FN3O. The molecule has 1 aromatic heterocycles. The highest BCUT2D eigenvalue weighted by Gasteiger charge is 2.20. The van der Waals surface area contributed by atoms with Gasteiger partial charge in [0, 0.05) is 25.2 Å². The summed E-state index contributed by atoms with van der Waals surface area (Å²) in [5.41, 5.74) is 0.890. The maximum atomic E-state index is 13.2. The van der Waals surface area contributed by atoms with E-state index in [0.717, 1.165) is 24.5 Å². The SMILES string of the molecule is CNCc1cc(F)cnc1N1CCOC(C)C1. The lowest BCUT2D eigenvalue weighted by Crippen LogP contribution is -2.42. The van der Waals surface area contributed by atoms with Crippen molar-refractivity contribution in [2.75, 3.05) is 31.6 Å². The first-order valence-electron chi connectivity index (χ1n) is 5.86. The first-order chi connectivity index (χ1) is 8.20. The number of nitrogens with one attached hydrogen (secondary N) is 1. The van der Waals surface area contributed by atoms with Crippen LogP contribution in [-0.4, -0.2) is 37.8 Å². The fourth-order valence-electron chi connectivity index (χ4n) is 2.09. The molecule has 4 nitrogen and oxygen atoms in total. The van der Waals surface area contributed by atoms with E-state index < -0.39 is 0 Å². The number of ether oxygens (including phenoxy) is 1. The van der Waals surface area contributed by atoms with Gasteiger partial charge in [-0.3, -0.25) is 0 Å². The van der Waals surface area contributed by atoms with Gasteiger partial charge in [0.25, 0.3) is 0 Å². The Hall–Kier alpha value is -1.20. The van der Waals surface area contributed by atoms with Crippen LogP contribution < -0.4 is 10.2 Å². The predicted molar refractivity (Wildman–Crippen MR) is 64.6 cm³/mol. The van der Waals surface area contributed by atoms with Crippen molar-refractivity contribution in [1.82, 2.24) is 10.3 Å². The van der Waals surface area contributed by atoms with Crippen molar-refractivity contribution in [3.63, 3.8) is 0 Å². The number of pyridine rings is 1. The molecule has 1 aromatic rings. The van der Waals surface area contributed by atoms with E-state index in [1.165, 1.54) is 6.20 Å². The van der Waals surface area contributed by atoms with Crippen LogP contribution >= 0.6 is 0 Å². The van der Waals surface area contributed by atoms with E-state index >= 15 is 0 Å². The first-order valence-corrected chi connectivity index (χ1v) is 5.86. The first kappa shape index (κ1) is 12.3. The van der Waals surface area contributed by atoms with Gasteiger partial charge in [-0.05, 0) is 20.0 Å². The fraction of sp³-hybridized carbons (Fsp3) is 0.583. The maximum absolute atomic E-state index is 13.2. The van der Waals surface area contributed by atoms with Gasteiger partial charge in [0.05, 0.1) is 18.9 Å². The zero-order chi connectivity index (χ0) is 12.3. The summed E-state index contributed by atoms with van der Waals surface area (Å²) in [6.45, 7) is 4.95. The molecule has 0 aromatic carbocycles. The zero-order valence-corrected chi connectivity index (χ0v) is 10.2. The molecule has 0 bridgehead atoms. The highest BCUT2D eigenvalue weighted by molar-refractivity contribution is 5.47. The number of halogens is 1. The second-order valence-corrected chi connectivity index (χ2v) is 4.29. The molecule has 1 aliphatic rings. The lowest BCUT2D eigenvalue weighted by atomic mass is 10.2. The van der Waals surface area contributed by atoms with Gasteiger partial charge >= 0.3 is 0 Å². The molecular weight excluding hydrogens is 221 g/mol. The molecule has 94 valence electrons. The van der Waals surface area contributed by atoms with Gasteiger partial charge in [-0.25, -0.2) is 9.37 Å². The van der Waals surface area contributed by atoms with E-state index in [1.54, 1.807) is 6.07 Å². The van der Waals surface area contributed by atoms with Crippen molar-refractivity contribution >= 4 is 5.82 Å². The number of hydrogen-bond donors (Lipinski definition) is 1. The molecule has 0 spiro atoms. The molecule has 2 rings (SSSR count). The van der Waals surface area contributed by atoms with E-state index in [-0.39, 0.29) is 11.9 Å². The Morgan fingerprint density at radius 1 is 1.65 bits per heavy atom. The van der Waals surface area contributed by atoms with Crippen LogP contribution in [0.25, 0.3) is 0 Å². The lowest BCUT2D eigenvalue weighted by molar-refractivity contribution is 0.0529. The zero-order valence-electron chi connectivity index (χ0n) is 10.2. The van der Waals surface area contributed by atoms with E-state index in [4.69, 9.17) is 4.74 Å². The molecule has 1 atom stereocenters. The summed E-state index contributed by atoms with van der Waals surface area (Å²) in [6, 6.07) is 1.54. The van der Waals surface area contributed by atoms with Crippen molar-refractivity contribution in [3.05, 3.63) is 23.6 Å². The molecule has 1 fully saturated rings. The topological polar surface area (TPSA) is 37.4 Å².